The highest BCUT2D eigenvalue weighted by atomic mass is 16.7. The lowest BCUT2D eigenvalue weighted by molar-refractivity contribution is -0.208. The minimum atomic E-state index is -0.435. The fourth-order valence-corrected chi connectivity index (χ4v) is 2.33. The molecule has 0 aromatic heterocycles. The third kappa shape index (κ3) is 2.57. The van der Waals surface area contributed by atoms with Crippen molar-refractivity contribution in [3.63, 3.8) is 0 Å². The van der Waals surface area contributed by atoms with Crippen LogP contribution in [0.2, 0.25) is 0 Å². The Hall–Kier alpha value is -1.32. The summed E-state index contributed by atoms with van der Waals surface area (Å²) in [6.45, 7) is 0. The molecule has 0 aliphatic heterocycles. The van der Waals surface area contributed by atoms with Crippen molar-refractivity contribution in [2.75, 3.05) is 21.3 Å². The predicted molar refractivity (Wildman–Crippen MR) is 71.6 cm³/mol. The molecule has 0 amide bonds. The Morgan fingerprint density at radius 2 is 1.67 bits per heavy atom. The highest BCUT2D eigenvalue weighted by Crippen LogP contribution is 2.35. The maximum absolute atomic E-state index is 5.46. The molecule has 0 fully saturated rings. The van der Waals surface area contributed by atoms with Crippen LogP contribution in [0.1, 0.15) is 24.8 Å². The molecule has 0 saturated carbocycles. The smallest absolute Gasteiger partial charge is 0.171 e. The van der Waals surface area contributed by atoms with E-state index in [-0.39, 0.29) is 0 Å². The summed E-state index contributed by atoms with van der Waals surface area (Å²) >= 11 is 0. The van der Waals surface area contributed by atoms with E-state index in [1.165, 1.54) is 11.1 Å². The molecule has 0 bridgehead atoms. The van der Waals surface area contributed by atoms with Gasteiger partial charge in [-0.1, -0.05) is 18.2 Å². The lowest BCUT2D eigenvalue weighted by atomic mass is 9.90. The number of hydrogen-bond donors (Lipinski definition) is 0. The SMILES string of the molecule is COc1ccc(C2=CCC(OC)(OC)CC2)cc1. The van der Waals surface area contributed by atoms with Gasteiger partial charge in [0, 0.05) is 27.1 Å². The molecule has 0 saturated heterocycles. The standard InChI is InChI=1S/C15H20O3/c1-16-14-6-4-12(5-7-14)13-8-10-15(17-2,18-3)11-9-13/h4-8H,9-11H2,1-3H3. The molecule has 0 heterocycles. The Bertz CT molecular complexity index is 416. The summed E-state index contributed by atoms with van der Waals surface area (Å²) in [6.07, 6.45) is 4.85. The van der Waals surface area contributed by atoms with Crippen LogP contribution in [0.25, 0.3) is 5.57 Å². The van der Waals surface area contributed by atoms with Gasteiger partial charge in [0.15, 0.2) is 5.79 Å². The molecule has 1 aromatic carbocycles. The van der Waals surface area contributed by atoms with Gasteiger partial charge < -0.3 is 14.2 Å². The molecular weight excluding hydrogens is 228 g/mol. The van der Waals surface area contributed by atoms with Crippen LogP contribution in [0.3, 0.4) is 0 Å². The first kappa shape index (κ1) is 13.1. The summed E-state index contributed by atoms with van der Waals surface area (Å²) in [6, 6.07) is 8.17. The molecule has 1 aliphatic carbocycles. The van der Waals surface area contributed by atoms with E-state index in [2.05, 4.69) is 18.2 Å². The Labute approximate surface area is 108 Å². The number of ether oxygens (including phenoxy) is 3. The first-order valence-corrected chi connectivity index (χ1v) is 6.17. The summed E-state index contributed by atoms with van der Waals surface area (Å²) < 4.78 is 16.1. The zero-order valence-corrected chi connectivity index (χ0v) is 11.2. The van der Waals surface area contributed by atoms with Gasteiger partial charge in [-0.15, -0.1) is 0 Å². The quantitative estimate of drug-likeness (QED) is 0.765. The number of benzene rings is 1. The molecule has 0 radical (unpaired) electrons. The molecule has 3 heteroatoms. The van der Waals surface area contributed by atoms with E-state index in [0.717, 1.165) is 25.0 Å². The van der Waals surface area contributed by atoms with Crippen molar-refractivity contribution >= 4 is 5.57 Å². The minimum absolute atomic E-state index is 0.435. The molecule has 0 unspecified atom stereocenters. The zero-order valence-electron chi connectivity index (χ0n) is 11.2. The van der Waals surface area contributed by atoms with Crippen molar-refractivity contribution in [1.82, 2.24) is 0 Å². The molecule has 2 rings (SSSR count). The molecular formula is C15H20O3. The first-order chi connectivity index (χ1) is 8.73. The van der Waals surface area contributed by atoms with E-state index in [1.54, 1.807) is 21.3 Å². The van der Waals surface area contributed by atoms with E-state index in [9.17, 15) is 0 Å². The van der Waals surface area contributed by atoms with Crippen molar-refractivity contribution in [3.8, 4) is 5.75 Å². The second kappa shape index (κ2) is 5.55. The van der Waals surface area contributed by atoms with Crippen molar-refractivity contribution in [2.45, 2.75) is 25.0 Å². The lowest BCUT2D eigenvalue weighted by Gasteiger charge is -2.33. The third-order valence-corrected chi connectivity index (χ3v) is 3.64. The first-order valence-electron chi connectivity index (χ1n) is 6.17. The molecule has 0 atom stereocenters. The third-order valence-electron chi connectivity index (χ3n) is 3.64. The van der Waals surface area contributed by atoms with Gasteiger partial charge >= 0.3 is 0 Å². The van der Waals surface area contributed by atoms with E-state index < -0.39 is 5.79 Å². The van der Waals surface area contributed by atoms with Crippen LogP contribution < -0.4 is 4.74 Å². The lowest BCUT2D eigenvalue weighted by Crippen LogP contribution is -2.34. The Kier molecular flexibility index (Phi) is 4.04. The summed E-state index contributed by atoms with van der Waals surface area (Å²) in [5.74, 6) is 0.453. The van der Waals surface area contributed by atoms with Gasteiger partial charge in [0.25, 0.3) is 0 Å². The molecule has 3 nitrogen and oxygen atoms in total. The van der Waals surface area contributed by atoms with Crippen LogP contribution >= 0.6 is 0 Å². The van der Waals surface area contributed by atoms with Crippen LogP contribution in [0.4, 0.5) is 0 Å². The summed E-state index contributed by atoms with van der Waals surface area (Å²) in [5.41, 5.74) is 2.60. The molecule has 0 N–H and O–H groups in total. The molecule has 1 aromatic rings. The zero-order chi connectivity index (χ0) is 13.0. The fraction of sp³-hybridized carbons (Fsp3) is 0.467. The minimum Gasteiger partial charge on any atom is -0.497 e. The summed E-state index contributed by atoms with van der Waals surface area (Å²) in [5, 5.41) is 0. The predicted octanol–water partition coefficient (Wildman–Crippen LogP) is 3.25. The molecule has 18 heavy (non-hydrogen) atoms. The van der Waals surface area contributed by atoms with Crippen LogP contribution in [0.5, 0.6) is 5.75 Å². The molecule has 1 aliphatic rings. The van der Waals surface area contributed by atoms with E-state index in [1.807, 2.05) is 12.1 Å². The Morgan fingerprint density at radius 1 is 1.00 bits per heavy atom. The van der Waals surface area contributed by atoms with Crippen LogP contribution in [-0.4, -0.2) is 27.1 Å². The number of methoxy groups -OCH3 is 3. The van der Waals surface area contributed by atoms with E-state index >= 15 is 0 Å². The van der Waals surface area contributed by atoms with Gasteiger partial charge in [0.2, 0.25) is 0 Å². The fourth-order valence-electron chi connectivity index (χ4n) is 2.33. The van der Waals surface area contributed by atoms with E-state index in [0.29, 0.717) is 0 Å². The highest BCUT2D eigenvalue weighted by Gasteiger charge is 2.31. The maximum atomic E-state index is 5.46. The number of hydrogen-bond acceptors (Lipinski definition) is 3. The van der Waals surface area contributed by atoms with Crippen molar-refractivity contribution in [1.29, 1.82) is 0 Å². The van der Waals surface area contributed by atoms with Gasteiger partial charge in [-0.05, 0) is 29.7 Å². The van der Waals surface area contributed by atoms with Crippen LogP contribution in [0, 0.1) is 0 Å². The van der Waals surface area contributed by atoms with Crippen molar-refractivity contribution in [3.05, 3.63) is 35.9 Å². The van der Waals surface area contributed by atoms with Gasteiger partial charge in [0.05, 0.1) is 7.11 Å². The van der Waals surface area contributed by atoms with Crippen LogP contribution in [0.15, 0.2) is 30.3 Å². The average molecular weight is 248 g/mol. The normalized spacial score (nSPS) is 18.3. The largest absolute Gasteiger partial charge is 0.497 e. The van der Waals surface area contributed by atoms with Gasteiger partial charge in [-0.2, -0.15) is 0 Å². The topological polar surface area (TPSA) is 27.7 Å². The summed E-state index contributed by atoms with van der Waals surface area (Å²) in [7, 11) is 5.09. The summed E-state index contributed by atoms with van der Waals surface area (Å²) in [4.78, 5) is 0. The average Bonchev–Trinajstić information content (AvgIpc) is 2.47. The molecule has 0 spiro atoms. The Morgan fingerprint density at radius 3 is 2.11 bits per heavy atom. The Balaban J connectivity index is 2.13. The van der Waals surface area contributed by atoms with E-state index in [4.69, 9.17) is 14.2 Å². The van der Waals surface area contributed by atoms with Crippen LogP contribution in [-0.2, 0) is 9.47 Å². The van der Waals surface area contributed by atoms with Crippen molar-refractivity contribution in [2.24, 2.45) is 0 Å². The maximum Gasteiger partial charge on any atom is 0.171 e. The van der Waals surface area contributed by atoms with Crippen molar-refractivity contribution < 1.29 is 14.2 Å². The van der Waals surface area contributed by atoms with Gasteiger partial charge in [-0.3, -0.25) is 0 Å². The number of rotatable bonds is 4. The second-order valence-corrected chi connectivity index (χ2v) is 4.48. The monoisotopic (exact) mass is 248 g/mol. The van der Waals surface area contributed by atoms with Gasteiger partial charge in [-0.25, -0.2) is 0 Å². The second-order valence-electron chi connectivity index (χ2n) is 4.48. The molecule has 98 valence electrons. The highest BCUT2D eigenvalue weighted by molar-refractivity contribution is 5.67. The van der Waals surface area contributed by atoms with Gasteiger partial charge in [0.1, 0.15) is 5.75 Å². The number of allylic oxidation sites excluding steroid dienone is 1.